The van der Waals surface area contributed by atoms with Gasteiger partial charge in [0, 0.05) is 0 Å². The van der Waals surface area contributed by atoms with Gasteiger partial charge in [0.15, 0.2) is 16.1 Å². The van der Waals surface area contributed by atoms with Crippen molar-refractivity contribution in [2.45, 2.75) is 38.8 Å². The highest BCUT2D eigenvalue weighted by Gasteiger charge is 2.46. The highest BCUT2D eigenvalue weighted by atomic mass is 16.7. The minimum atomic E-state index is -1.32. The number of hydrogen-bond acceptors (Lipinski definition) is 4. The standard InChI is InChI=1S/C8H12N4O2/c1-7(2,5-9)11(12(13)14)8(3,4)6-10/h1-4H3. The molecule has 0 unspecified atom stereocenters. The van der Waals surface area contributed by atoms with Crippen molar-refractivity contribution in [3.8, 4) is 12.1 Å². The van der Waals surface area contributed by atoms with Crippen LogP contribution >= 0.6 is 0 Å². The van der Waals surface area contributed by atoms with Crippen LogP contribution < -0.4 is 0 Å². The zero-order valence-electron chi connectivity index (χ0n) is 8.61. The minimum absolute atomic E-state index is 0.653. The molecule has 0 amide bonds. The van der Waals surface area contributed by atoms with E-state index in [0.29, 0.717) is 5.01 Å². The monoisotopic (exact) mass is 196 g/mol. The lowest BCUT2D eigenvalue weighted by molar-refractivity contribution is -0.683. The third-order valence-corrected chi connectivity index (χ3v) is 1.77. The van der Waals surface area contributed by atoms with Crippen LogP contribution in [0.25, 0.3) is 0 Å². The van der Waals surface area contributed by atoms with Gasteiger partial charge in [0.1, 0.15) is 0 Å². The Morgan fingerprint density at radius 2 is 1.43 bits per heavy atom. The Labute approximate surface area is 82.5 Å². The minimum Gasteiger partial charge on any atom is -0.235 e. The van der Waals surface area contributed by atoms with Crippen LogP contribution in [0.5, 0.6) is 0 Å². The number of rotatable bonds is 3. The van der Waals surface area contributed by atoms with Gasteiger partial charge in [0.05, 0.1) is 12.1 Å². The summed E-state index contributed by atoms with van der Waals surface area (Å²) in [6.45, 7) is 5.59. The lowest BCUT2D eigenvalue weighted by Crippen LogP contribution is -2.57. The van der Waals surface area contributed by atoms with E-state index in [2.05, 4.69) is 0 Å². The molecule has 14 heavy (non-hydrogen) atoms. The fourth-order valence-electron chi connectivity index (χ4n) is 1.20. The summed E-state index contributed by atoms with van der Waals surface area (Å²) in [5.74, 6) is 0. The van der Waals surface area contributed by atoms with E-state index in [0.717, 1.165) is 0 Å². The number of nitriles is 2. The topological polar surface area (TPSA) is 94.0 Å². The van der Waals surface area contributed by atoms with E-state index in [1.54, 1.807) is 12.1 Å². The molecule has 76 valence electrons. The summed E-state index contributed by atoms with van der Waals surface area (Å²) in [6.07, 6.45) is 0. The number of nitrogens with zero attached hydrogens (tertiary/aromatic N) is 4. The quantitative estimate of drug-likeness (QED) is 0.497. The molecular formula is C8H12N4O2. The van der Waals surface area contributed by atoms with E-state index in [4.69, 9.17) is 10.5 Å². The van der Waals surface area contributed by atoms with E-state index in [1.807, 2.05) is 0 Å². The highest BCUT2D eigenvalue weighted by molar-refractivity contribution is 5.09. The van der Waals surface area contributed by atoms with Crippen molar-refractivity contribution >= 4 is 0 Å². The van der Waals surface area contributed by atoms with Gasteiger partial charge >= 0.3 is 0 Å². The first-order valence-corrected chi connectivity index (χ1v) is 3.96. The molecule has 6 nitrogen and oxygen atoms in total. The zero-order valence-corrected chi connectivity index (χ0v) is 8.61. The van der Waals surface area contributed by atoms with Gasteiger partial charge in [0.25, 0.3) is 0 Å². The molecule has 0 aliphatic carbocycles. The van der Waals surface area contributed by atoms with Crippen molar-refractivity contribution < 1.29 is 5.03 Å². The van der Waals surface area contributed by atoms with Crippen LogP contribution in [0.2, 0.25) is 0 Å². The summed E-state index contributed by atoms with van der Waals surface area (Å²) in [5.41, 5.74) is -2.63. The maximum absolute atomic E-state index is 10.7. The molecule has 0 saturated heterocycles. The smallest absolute Gasteiger partial charge is 0.182 e. The van der Waals surface area contributed by atoms with Gasteiger partial charge in [-0.1, -0.05) is 5.01 Å². The van der Waals surface area contributed by atoms with E-state index in [1.165, 1.54) is 27.7 Å². The first-order chi connectivity index (χ1) is 6.19. The van der Waals surface area contributed by atoms with Crippen LogP contribution in [-0.4, -0.2) is 21.1 Å². The van der Waals surface area contributed by atoms with Crippen LogP contribution in [0.3, 0.4) is 0 Å². The molecule has 0 N–H and O–H groups in total. The fraction of sp³-hybridized carbons (Fsp3) is 0.750. The van der Waals surface area contributed by atoms with Crippen molar-refractivity contribution in [3.63, 3.8) is 0 Å². The van der Waals surface area contributed by atoms with Crippen molar-refractivity contribution in [2.24, 2.45) is 0 Å². The molecule has 6 heteroatoms. The predicted molar refractivity (Wildman–Crippen MR) is 48.2 cm³/mol. The Morgan fingerprint density at radius 3 is 1.57 bits per heavy atom. The van der Waals surface area contributed by atoms with Gasteiger partial charge in [-0.15, -0.1) is 0 Å². The largest absolute Gasteiger partial charge is 0.235 e. The maximum atomic E-state index is 10.7. The first-order valence-electron chi connectivity index (χ1n) is 3.96. The van der Waals surface area contributed by atoms with Gasteiger partial charge in [-0.2, -0.15) is 10.5 Å². The number of nitro groups is 1. The third-order valence-electron chi connectivity index (χ3n) is 1.77. The molecule has 0 fully saturated rings. The molecule has 0 bridgehead atoms. The van der Waals surface area contributed by atoms with E-state index in [-0.39, 0.29) is 0 Å². The van der Waals surface area contributed by atoms with Crippen LogP contribution in [0.1, 0.15) is 27.7 Å². The maximum Gasteiger partial charge on any atom is 0.182 e. The molecule has 0 aromatic rings. The predicted octanol–water partition coefficient (Wildman–Crippen LogP) is 1.08. The van der Waals surface area contributed by atoms with E-state index < -0.39 is 16.1 Å². The summed E-state index contributed by atoms with van der Waals surface area (Å²) >= 11 is 0. The van der Waals surface area contributed by atoms with Crippen LogP contribution in [0.15, 0.2) is 0 Å². The van der Waals surface area contributed by atoms with Gasteiger partial charge in [-0.25, -0.2) is 10.1 Å². The molecule has 0 aliphatic rings. The van der Waals surface area contributed by atoms with E-state index >= 15 is 0 Å². The lowest BCUT2D eigenvalue weighted by Gasteiger charge is -2.32. The van der Waals surface area contributed by atoms with Gasteiger partial charge in [0.2, 0.25) is 0 Å². The Hall–Kier alpha value is -1.82. The molecule has 0 radical (unpaired) electrons. The SMILES string of the molecule is CC(C)(C#N)N([N+](=O)[O-])C(C)(C)C#N. The molecule has 0 spiro atoms. The normalized spacial score (nSPS) is 11.3. The molecule has 0 heterocycles. The first kappa shape index (κ1) is 12.2. The van der Waals surface area contributed by atoms with Crippen LogP contribution in [0, 0.1) is 32.8 Å². The summed E-state index contributed by atoms with van der Waals surface area (Å²) in [5, 5.41) is 28.2. The van der Waals surface area contributed by atoms with Gasteiger partial charge in [-0.05, 0) is 27.7 Å². The van der Waals surface area contributed by atoms with Crippen molar-refractivity contribution in [3.05, 3.63) is 10.1 Å². The fourth-order valence-corrected chi connectivity index (χ4v) is 1.20. The second-order valence-corrected chi connectivity index (χ2v) is 3.89. The summed E-state index contributed by atoms with van der Waals surface area (Å²) in [7, 11) is 0. The summed E-state index contributed by atoms with van der Waals surface area (Å²) in [4.78, 5) is 10.7. The molecule has 0 aromatic carbocycles. The van der Waals surface area contributed by atoms with Crippen molar-refractivity contribution in [1.29, 1.82) is 10.5 Å². The molecular weight excluding hydrogens is 184 g/mol. The Balaban J connectivity index is 5.33. The molecule has 0 rings (SSSR count). The molecule has 0 aliphatic heterocycles. The van der Waals surface area contributed by atoms with Gasteiger partial charge < -0.3 is 0 Å². The van der Waals surface area contributed by atoms with Crippen LogP contribution in [0.4, 0.5) is 0 Å². The summed E-state index contributed by atoms with van der Waals surface area (Å²) in [6, 6.07) is 3.59. The highest BCUT2D eigenvalue weighted by Crippen LogP contribution is 2.24. The molecule has 0 saturated carbocycles. The second-order valence-electron chi connectivity index (χ2n) is 3.89. The van der Waals surface area contributed by atoms with Crippen LogP contribution in [-0.2, 0) is 0 Å². The van der Waals surface area contributed by atoms with Crippen molar-refractivity contribution in [2.75, 3.05) is 0 Å². The lowest BCUT2D eigenvalue weighted by atomic mass is 9.98. The zero-order chi connectivity index (χ0) is 11.6. The average Bonchev–Trinajstić information content (AvgIpc) is 2.02. The van der Waals surface area contributed by atoms with Gasteiger partial charge in [-0.3, -0.25) is 0 Å². The average molecular weight is 196 g/mol. The third kappa shape index (κ3) is 2.11. The number of hydrogen-bond donors (Lipinski definition) is 0. The molecule has 0 atom stereocenters. The number of hydrazine groups is 1. The summed E-state index contributed by atoms with van der Waals surface area (Å²) < 4.78 is 0. The Morgan fingerprint density at radius 1 is 1.14 bits per heavy atom. The Bertz CT molecular complexity index is 295. The molecule has 0 aromatic heterocycles. The van der Waals surface area contributed by atoms with Crippen molar-refractivity contribution in [1.82, 2.24) is 5.01 Å². The van der Waals surface area contributed by atoms with E-state index in [9.17, 15) is 10.1 Å². The Kier molecular flexibility index (Phi) is 3.05. The second kappa shape index (κ2) is 3.51.